The number of amides is 2. The average molecular weight is 373 g/mol. The highest BCUT2D eigenvalue weighted by molar-refractivity contribution is 6.37. The molecule has 0 aliphatic carbocycles. The third kappa shape index (κ3) is 4.14. The van der Waals surface area contributed by atoms with E-state index in [1.165, 1.54) is 7.11 Å². The van der Waals surface area contributed by atoms with Gasteiger partial charge in [-0.05, 0) is 18.6 Å². The van der Waals surface area contributed by atoms with Gasteiger partial charge in [0.2, 0.25) is 5.91 Å². The maximum atomic E-state index is 12.8. The molecule has 0 bridgehead atoms. The lowest BCUT2D eigenvalue weighted by atomic mass is 10.1. The van der Waals surface area contributed by atoms with Gasteiger partial charge in [-0.15, -0.1) is 0 Å². The standard InChI is InChI=1S/C17H22Cl2N2O3/c1-3-4-5-14(22)20-8-10-21(11-9-20)17(23)15-12(18)6-7-13(19)16(15)24-2/h6-7H,3-5,8-11H2,1-2H3. The number of rotatable bonds is 5. The number of piperazine rings is 1. The molecule has 0 atom stereocenters. The summed E-state index contributed by atoms with van der Waals surface area (Å²) in [6.07, 6.45) is 2.46. The number of carbonyl (C=O) groups excluding carboxylic acids is 2. The molecule has 0 radical (unpaired) electrons. The van der Waals surface area contributed by atoms with Crippen molar-refractivity contribution in [2.45, 2.75) is 26.2 Å². The molecule has 1 aromatic carbocycles. The molecule has 0 unspecified atom stereocenters. The highest BCUT2D eigenvalue weighted by Crippen LogP contribution is 2.34. The SMILES string of the molecule is CCCCC(=O)N1CCN(C(=O)c2c(Cl)ccc(Cl)c2OC)CC1. The molecule has 5 nitrogen and oxygen atoms in total. The summed E-state index contributed by atoms with van der Waals surface area (Å²) in [5.74, 6) is 0.220. The van der Waals surface area contributed by atoms with Crippen molar-refractivity contribution in [1.29, 1.82) is 0 Å². The second-order valence-corrected chi connectivity index (χ2v) is 6.53. The molecule has 1 aliphatic heterocycles. The van der Waals surface area contributed by atoms with Crippen LogP contribution in [0.4, 0.5) is 0 Å². The third-order valence-corrected chi connectivity index (χ3v) is 4.75. The minimum atomic E-state index is -0.222. The summed E-state index contributed by atoms with van der Waals surface area (Å²) in [6.45, 7) is 4.08. The third-order valence-electron chi connectivity index (χ3n) is 4.14. The van der Waals surface area contributed by atoms with Gasteiger partial charge in [-0.25, -0.2) is 0 Å². The van der Waals surface area contributed by atoms with Crippen LogP contribution in [0.2, 0.25) is 10.0 Å². The van der Waals surface area contributed by atoms with Crippen molar-refractivity contribution < 1.29 is 14.3 Å². The predicted molar refractivity (Wildman–Crippen MR) is 95.0 cm³/mol. The molecule has 1 saturated heterocycles. The van der Waals surface area contributed by atoms with E-state index in [1.54, 1.807) is 17.0 Å². The van der Waals surface area contributed by atoms with Crippen LogP contribution in [0.15, 0.2) is 12.1 Å². The van der Waals surface area contributed by atoms with Crippen molar-refractivity contribution >= 4 is 35.0 Å². The Morgan fingerprint density at radius 3 is 2.25 bits per heavy atom. The van der Waals surface area contributed by atoms with Crippen molar-refractivity contribution in [2.24, 2.45) is 0 Å². The van der Waals surface area contributed by atoms with Gasteiger partial charge in [-0.3, -0.25) is 9.59 Å². The zero-order valence-electron chi connectivity index (χ0n) is 14.0. The van der Waals surface area contributed by atoms with E-state index in [0.29, 0.717) is 42.6 Å². The number of hydrogen-bond donors (Lipinski definition) is 0. The van der Waals surface area contributed by atoms with E-state index in [1.807, 2.05) is 4.90 Å². The van der Waals surface area contributed by atoms with Crippen LogP contribution in [-0.2, 0) is 4.79 Å². The Morgan fingerprint density at radius 1 is 1.08 bits per heavy atom. The van der Waals surface area contributed by atoms with Crippen LogP contribution in [0.1, 0.15) is 36.5 Å². The monoisotopic (exact) mass is 372 g/mol. The molecule has 132 valence electrons. The summed E-state index contributed by atoms with van der Waals surface area (Å²) < 4.78 is 5.24. The highest BCUT2D eigenvalue weighted by Gasteiger charge is 2.28. The fourth-order valence-corrected chi connectivity index (χ4v) is 3.20. The van der Waals surface area contributed by atoms with Crippen molar-refractivity contribution in [3.05, 3.63) is 27.7 Å². The van der Waals surface area contributed by atoms with Crippen LogP contribution in [0.5, 0.6) is 5.75 Å². The molecule has 1 aliphatic rings. The number of ether oxygens (including phenoxy) is 1. The summed E-state index contributed by atoms with van der Waals surface area (Å²) in [7, 11) is 1.46. The van der Waals surface area contributed by atoms with Crippen LogP contribution in [-0.4, -0.2) is 54.9 Å². The zero-order chi connectivity index (χ0) is 17.7. The summed E-state index contributed by atoms with van der Waals surface area (Å²) in [5, 5.41) is 0.654. The van der Waals surface area contributed by atoms with Crippen LogP contribution in [0.3, 0.4) is 0 Å². The minimum Gasteiger partial charge on any atom is -0.494 e. The van der Waals surface area contributed by atoms with Gasteiger partial charge in [0, 0.05) is 32.6 Å². The first-order valence-electron chi connectivity index (χ1n) is 8.08. The molecule has 0 N–H and O–H groups in total. The van der Waals surface area contributed by atoms with Crippen LogP contribution in [0.25, 0.3) is 0 Å². The Bertz CT molecular complexity index is 614. The number of carbonyl (C=O) groups is 2. The lowest BCUT2D eigenvalue weighted by Gasteiger charge is -2.35. The van der Waals surface area contributed by atoms with Crippen molar-refractivity contribution in [3.8, 4) is 5.75 Å². The van der Waals surface area contributed by atoms with Gasteiger partial charge >= 0.3 is 0 Å². The number of hydrogen-bond acceptors (Lipinski definition) is 3. The van der Waals surface area contributed by atoms with E-state index < -0.39 is 0 Å². The largest absolute Gasteiger partial charge is 0.494 e. The fourth-order valence-electron chi connectivity index (χ4n) is 2.74. The number of halogens is 2. The maximum Gasteiger partial charge on any atom is 0.259 e. The lowest BCUT2D eigenvalue weighted by molar-refractivity contribution is -0.132. The van der Waals surface area contributed by atoms with E-state index in [0.717, 1.165) is 12.8 Å². The molecule has 24 heavy (non-hydrogen) atoms. The fraction of sp³-hybridized carbons (Fsp3) is 0.529. The Labute approximate surface area is 152 Å². The van der Waals surface area contributed by atoms with Crippen molar-refractivity contribution in [2.75, 3.05) is 33.3 Å². The van der Waals surface area contributed by atoms with E-state index in [2.05, 4.69) is 6.92 Å². The number of unbranched alkanes of at least 4 members (excludes halogenated alkanes) is 1. The first-order chi connectivity index (χ1) is 11.5. The van der Waals surface area contributed by atoms with Crippen molar-refractivity contribution in [1.82, 2.24) is 9.80 Å². The lowest BCUT2D eigenvalue weighted by Crippen LogP contribution is -2.50. The summed E-state index contributed by atoms with van der Waals surface area (Å²) >= 11 is 12.3. The summed E-state index contributed by atoms with van der Waals surface area (Å²) in [5.41, 5.74) is 0.275. The molecule has 1 aromatic rings. The van der Waals surface area contributed by atoms with Gasteiger partial charge in [0.05, 0.1) is 17.2 Å². The smallest absolute Gasteiger partial charge is 0.259 e. The number of methoxy groups -OCH3 is 1. The molecular weight excluding hydrogens is 351 g/mol. The Kier molecular flexibility index (Phi) is 6.75. The van der Waals surface area contributed by atoms with Gasteiger partial charge in [-0.2, -0.15) is 0 Å². The van der Waals surface area contributed by atoms with Gasteiger partial charge in [0.25, 0.3) is 5.91 Å². The maximum absolute atomic E-state index is 12.8. The molecule has 1 fully saturated rings. The van der Waals surface area contributed by atoms with Crippen LogP contribution >= 0.6 is 23.2 Å². The quantitative estimate of drug-likeness (QED) is 0.794. The van der Waals surface area contributed by atoms with Crippen LogP contribution in [0, 0.1) is 0 Å². The summed E-state index contributed by atoms with van der Waals surface area (Å²) in [4.78, 5) is 28.4. The average Bonchev–Trinajstić information content (AvgIpc) is 2.60. The van der Waals surface area contributed by atoms with E-state index in [9.17, 15) is 9.59 Å². The van der Waals surface area contributed by atoms with Gasteiger partial charge in [0.1, 0.15) is 5.56 Å². The molecule has 2 rings (SSSR count). The van der Waals surface area contributed by atoms with E-state index in [-0.39, 0.29) is 23.1 Å². The second kappa shape index (κ2) is 8.58. The first kappa shape index (κ1) is 18.9. The van der Waals surface area contributed by atoms with Gasteiger partial charge < -0.3 is 14.5 Å². The molecule has 0 saturated carbocycles. The van der Waals surface area contributed by atoms with Crippen LogP contribution < -0.4 is 4.74 Å². The zero-order valence-corrected chi connectivity index (χ0v) is 15.5. The molecule has 1 heterocycles. The topological polar surface area (TPSA) is 49.9 Å². The predicted octanol–water partition coefficient (Wildman–Crippen LogP) is 3.48. The number of benzene rings is 1. The van der Waals surface area contributed by atoms with E-state index >= 15 is 0 Å². The molecule has 0 aromatic heterocycles. The highest BCUT2D eigenvalue weighted by atomic mass is 35.5. The molecule has 2 amide bonds. The Balaban J connectivity index is 2.06. The van der Waals surface area contributed by atoms with E-state index in [4.69, 9.17) is 27.9 Å². The normalized spacial score (nSPS) is 14.7. The summed E-state index contributed by atoms with van der Waals surface area (Å²) in [6, 6.07) is 3.19. The second-order valence-electron chi connectivity index (χ2n) is 5.71. The minimum absolute atomic E-state index is 0.155. The number of nitrogens with zero attached hydrogens (tertiary/aromatic N) is 2. The van der Waals surface area contributed by atoms with Gasteiger partial charge in [0.15, 0.2) is 5.75 Å². The Morgan fingerprint density at radius 2 is 1.67 bits per heavy atom. The molecule has 7 heteroatoms. The first-order valence-corrected chi connectivity index (χ1v) is 8.84. The van der Waals surface area contributed by atoms with Gasteiger partial charge in [-0.1, -0.05) is 36.5 Å². The Hall–Kier alpha value is -1.46. The molecular formula is C17H22Cl2N2O3. The van der Waals surface area contributed by atoms with Crippen molar-refractivity contribution in [3.63, 3.8) is 0 Å². The molecule has 0 spiro atoms.